The van der Waals surface area contributed by atoms with Crippen molar-refractivity contribution in [2.45, 2.75) is 13.0 Å². The van der Waals surface area contributed by atoms with E-state index in [0.717, 1.165) is 5.56 Å². The van der Waals surface area contributed by atoms with Gasteiger partial charge in [-0.2, -0.15) is 0 Å². The Morgan fingerprint density at radius 1 is 1.00 bits per heavy atom. The van der Waals surface area contributed by atoms with Crippen LogP contribution in [0.2, 0.25) is 5.02 Å². The fourth-order valence-electron chi connectivity index (χ4n) is 2.19. The maximum absolute atomic E-state index is 13.6. The van der Waals surface area contributed by atoms with Crippen LogP contribution in [0.25, 0.3) is 0 Å². The molecule has 25 heavy (non-hydrogen) atoms. The van der Waals surface area contributed by atoms with Crippen molar-refractivity contribution in [1.29, 1.82) is 0 Å². The van der Waals surface area contributed by atoms with Crippen molar-refractivity contribution >= 4 is 23.4 Å². The van der Waals surface area contributed by atoms with Gasteiger partial charge in [-0.15, -0.1) is 0 Å². The van der Waals surface area contributed by atoms with Crippen LogP contribution >= 0.6 is 11.6 Å². The molecule has 0 fully saturated rings. The fraction of sp³-hybridized carbons (Fsp3) is 0.222. The summed E-state index contributed by atoms with van der Waals surface area (Å²) < 4.78 is 13.6. The van der Waals surface area contributed by atoms with E-state index in [1.165, 1.54) is 18.2 Å². The number of carbonyl (C=O) groups excluding carboxylic acids is 2. The number of nitrogens with one attached hydrogen (secondary N) is 2. The molecule has 0 saturated heterocycles. The highest BCUT2D eigenvalue weighted by Gasteiger charge is 2.14. The molecule has 0 aliphatic carbocycles. The summed E-state index contributed by atoms with van der Waals surface area (Å²) >= 11 is 5.83. The molecule has 0 atom stereocenters. The van der Waals surface area contributed by atoms with E-state index >= 15 is 0 Å². The predicted molar refractivity (Wildman–Crippen MR) is 95.0 cm³/mol. The molecule has 2 rings (SSSR count). The third-order valence-corrected chi connectivity index (χ3v) is 3.88. The number of nitrogens with two attached hydrogens (primary N) is 1. The van der Waals surface area contributed by atoms with E-state index in [4.69, 9.17) is 17.3 Å². The monoisotopic (exact) mass is 363 g/mol. The lowest BCUT2D eigenvalue weighted by atomic mass is 10.1. The van der Waals surface area contributed by atoms with Crippen LogP contribution in [-0.4, -0.2) is 24.9 Å². The summed E-state index contributed by atoms with van der Waals surface area (Å²) in [5, 5.41) is 5.39. The second-order valence-electron chi connectivity index (χ2n) is 5.36. The molecule has 5 nitrogen and oxygen atoms in total. The number of amides is 2. The van der Waals surface area contributed by atoms with E-state index in [1.54, 1.807) is 24.3 Å². The highest BCUT2D eigenvalue weighted by atomic mass is 35.5. The van der Waals surface area contributed by atoms with E-state index in [2.05, 4.69) is 10.6 Å². The molecule has 0 heterocycles. The summed E-state index contributed by atoms with van der Waals surface area (Å²) in [4.78, 5) is 23.9. The first-order valence-corrected chi connectivity index (χ1v) is 8.20. The van der Waals surface area contributed by atoms with Crippen LogP contribution in [0.3, 0.4) is 0 Å². The van der Waals surface area contributed by atoms with Gasteiger partial charge in [0.15, 0.2) is 0 Å². The summed E-state index contributed by atoms with van der Waals surface area (Å²) in [5.74, 6) is -1.45. The van der Waals surface area contributed by atoms with Crippen molar-refractivity contribution in [3.63, 3.8) is 0 Å². The molecule has 0 radical (unpaired) electrons. The SMILES string of the molecule is NCc1ccc(C(=O)NCCCNC(=O)c2c(F)cccc2Cl)cc1. The van der Waals surface area contributed by atoms with Gasteiger partial charge in [-0.05, 0) is 36.2 Å². The van der Waals surface area contributed by atoms with E-state index in [1.807, 2.05) is 0 Å². The summed E-state index contributed by atoms with van der Waals surface area (Å²) in [6.07, 6.45) is 0.504. The summed E-state index contributed by atoms with van der Waals surface area (Å²) in [5.41, 5.74) is 6.83. The van der Waals surface area contributed by atoms with Gasteiger partial charge in [-0.1, -0.05) is 29.8 Å². The van der Waals surface area contributed by atoms with Crippen molar-refractivity contribution < 1.29 is 14.0 Å². The number of rotatable bonds is 7. The molecule has 132 valence electrons. The van der Waals surface area contributed by atoms with Crippen LogP contribution in [0.15, 0.2) is 42.5 Å². The Morgan fingerprint density at radius 3 is 2.24 bits per heavy atom. The van der Waals surface area contributed by atoms with Crippen molar-refractivity contribution in [2.75, 3.05) is 13.1 Å². The number of hydrogen-bond donors (Lipinski definition) is 3. The fourth-order valence-corrected chi connectivity index (χ4v) is 2.44. The van der Waals surface area contributed by atoms with Crippen molar-refractivity contribution in [3.8, 4) is 0 Å². The molecule has 4 N–H and O–H groups in total. The third kappa shape index (κ3) is 5.27. The van der Waals surface area contributed by atoms with E-state index in [-0.39, 0.29) is 23.0 Å². The number of hydrogen-bond acceptors (Lipinski definition) is 3. The lowest BCUT2D eigenvalue weighted by molar-refractivity contribution is 0.0949. The molecule has 0 aliphatic heterocycles. The molecule has 2 amide bonds. The highest BCUT2D eigenvalue weighted by molar-refractivity contribution is 6.33. The van der Waals surface area contributed by atoms with Crippen molar-refractivity contribution in [3.05, 3.63) is 70.0 Å². The summed E-state index contributed by atoms with van der Waals surface area (Å²) in [6, 6.07) is 11.1. The van der Waals surface area contributed by atoms with Gasteiger partial charge in [0.2, 0.25) is 0 Å². The Labute approximate surface area is 150 Å². The first kappa shape index (κ1) is 18.9. The molecule has 2 aromatic carbocycles. The van der Waals surface area contributed by atoms with E-state index < -0.39 is 11.7 Å². The molecular weight excluding hydrogens is 345 g/mol. The Bertz CT molecular complexity index is 730. The first-order valence-electron chi connectivity index (χ1n) is 7.82. The highest BCUT2D eigenvalue weighted by Crippen LogP contribution is 2.18. The smallest absolute Gasteiger partial charge is 0.255 e. The lowest BCUT2D eigenvalue weighted by Crippen LogP contribution is -2.30. The second-order valence-corrected chi connectivity index (χ2v) is 5.77. The predicted octanol–water partition coefficient (Wildman–Crippen LogP) is 2.49. The maximum Gasteiger partial charge on any atom is 0.255 e. The minimum atomic E-state index is -0.667. The van der Waals surface area contributed by atoms with Gasteiger partial charge >= 0.3 is 0 Å². The average molecular weight is 364 g/mol. The minimum absolute atomic E-state index is 0.0618. The maximum atomic E-state index is 13.6. The van der Waals surface area contributed by atoms with Gasteiger partial charge in [0.25, 0.3) is 11.8 Å². The molecule has 0 saturated carbocycles. The number of halogens is 2. The van der Waals surface area contributed by atoms with Crippen LogP contribution in [-0.2, 0) is 6.54 Å². The molecule has 7 heteroatoms. The standard InChI is InChI=1S/C18H19ClFN3O2/c19-14-3-1-4-15(20)16(14)18(25)23-10-2-9-22-17(24)13-7-5-12(11-21)6-8-13/h1,3-8H,2,9-11,21H2,(H,22,24)(H,23,25). The molecule has 0 spiro atoms. The Kier molecular flexibility index (Phi) is 6.91. The van der Waals surface area contributed by atoms with E-state index in [0.29, 0.717) is 25.1 Å². The third-order valence-electron chi connectivity index (χ3n) is 3.57. The molecule has 0 aliphatic rings. The molecular formula is C18H19ClFN3O2. The van der Waals surface area contributed by atoms with Gasteiger partial charge in [0.1, 0.15) is 5.82 Å². The molecule has 0 bridgehead atoms. The largest absolute Gasteiger partial charge is 0.352 e. The summed E-state index contributed by atoms with van der Waals surface area (Å²) in [7, 11) is 0. The van der Waals surface area contributed by atoms with Crippen LogP contribution in [0.1, 0.15) is 32.7 Å². The van der Waals surface area contributed by atoms with Gasteiger partial charge in [-0.3, -0.25) is 9.59 Å². The zero-order valence-electron chi connectivity index (χ0n) is 13.5. The van der Waals surface area contributed by atoms with Gasteiger partial charge in [-0.25, -0.2) is 4.39 Å². The van der Waals surface area contributed by atoms with Crippen molar-refractivity contribution in [1.82, 2.24) is 10.6 Å². The molecule has 2 aromatic rings. The lowest BCUT2D eigenvalue weighted by Gasteiger charge is -2.09. The topological polar surface area (TPSA) is 84.2 Å². The van der Waals surface area contributed by atoms with Gasteiger partial charge in [0, 0.05) is 25.2 Å². The Morgan fingerprint density at radius 2 is 1.64 bits per heavy atom. The zero-order chi connectivity index (χ0) is 18.2. The van der Waals surface area contributed by atoms with Crippen molar-refractivity contribution in [2.24, 2.45) is 5.73 Å². The number of benzene rings is 2. The van der Waals surface area contributed by atoms with Crippen LogP contribution in [0, 0.1) is 5.82 Å². The Hall–Kier alpha value is -2.44. The minimum Gasteiger partial charge on any atom is -0.352 e. The van der Waals surface area contributed by atoms with Gasteiger partial charge < -0.3 is 16.4 Å². The summed E-state index contributed by atoms with van der Waals surface area (Å²) in [6.45, 7) is 1.09. The van der Waals surface area contributed by atoms with E-state index in [9.17, 15) is 14.0 Å². The quantitative estimate of drug-likeness (QED) is 0.661. The van der Waals surface area contributed by atoms with Crippen LogP contribution in [0.4, 0.5) is 4.39 Å². The van der Waals surface area contributed by atoms with Crippen LogP contribution in [0.5, 0.6) is 0 Å². The first-order chi connectivity index (χ1) is 12.0. The normalized spacial score (nSPS) is 10.4. The van der Waals surface area contributed by atoms with Gasteiger partial charge in [0.05, 0.1) is 10.6 Å². The molecule has 0 unspecified atom stereocenters. The number of carbonyl (C=O) groups is 2. The Balaban J connectivity index is 1.74. The average Bonchev–Trinajstić information content (AvgIpc) is 2.61. The second kappa shape index (κ2) is 9.15. The molecule has 0 aromatic heterocycles. The van der Waals surface area contributed by atoms with Crippen LogP contribution < -0.4 is 16.4 Å². The zero-order valence-corrected chi connectivity index (χ0v) is 14.3.